The van der Waals surface area contributed by atoms with Crippen LogP contribution in [0.5, 0.6) is 0 Å². The second-order valence-electron chi connectivity index (χ2n) is 2.64. The fraction of sp³-hybridized carbons (Fsp3) is 0.143. The van der Waals surface area contributed by atoms with Crippen LogP contribution >= 0.6 is 26.6 Å². The average Bonchev–Trinajstić information content (AvgIpc) is 2.08. The van der Waals surface area contributed by atoms with E-state index in [0.29, 0.717) is 0 Å². The molecule has 15 heavy (non-hydrogen) atoms. The van der Waals surface area contributed by atoms with Gasteiger partial charge in [-0.3, -0.25) is 0 Å². The van der Waals surface area contributed by atoms with Gasteiger partial charge in [-0.15, -0.1) is 0 Å². The molecule has 0 aliphatic heterocycles. The molecule has 0 amide bonds. The maximum absolute atomic E-state index is 13.0. The second kappa shape index (κ2) is 4.31. The quantitative estimate of drug-likeness (QED) is 0.476. The third kappa shape index (κ3) is 3.09. The van der Waals surface area contributed by atoms with Gasteiger partial charge in [-0.05, 0) is 22.0 Å². The van der Waals surface area contributed by atoms with Gasteiger partial charge in [-0.2, -0.15) is 0 Å². The molecule has 8 heteroatoms. The van der Waals surface area contributed by atoms with E-state index in [4.69, 9.17) is 10.7 Å². The van der Waals surface area contributed by atoms with Gasteiger partial charge in [0.2, 0.25) is 9.05 Å². The van der Waals surface area contributed by atoms with Gasteiger partial charge in [0.25, 0.3) is 0 Å². The molecule has 0 radical (unpaired) electrons. The molecular weight excluding hydrogens is 320 g/mol. The zero-order chi connectivity index (χ0) is 11.8. The van der Waals surface area contributed by atoms with E-state index in [1.165, 1.54) is 0 Å². The Hall–Kier alpha value is -0.270. The summed E-state index contributed by atoms with van der Waals surface area (Å²) in [5.41, 5.74) is -0.532. The third-order valence-corrected chi connectivity index (χ3v) is 3.07. The third-order valence-electron chi connectivity index (χ3n) is 1.51. The van der Waals surface area contributed by atoms with Crippen molar-refractivity contribution >= 4 is 35.7 Å². The lowest BCUT2D eigenvalue weighted by atomic mass is 10.2. The lowest BCUT2D eigenvalue weighted by Gasteiger charge is -2.04. The molecule has 0 saturated heterocycles. The zero-order valence-corrected chi connectivity index (χ0v) is 10.1. The van der Waals surface area contributed by atoms with Gasteiger partial charge in [0.15, 0.2) is 17.5 Å². The van der Waals surface area contributed by atoms with E-state index in [9.17, 15) is 21.6 Å². The first-order valence-electron chi connectivity index (χ1n) is 3.46. The van der Waals surface area contributed by atoms with Crippen molar-refractivity contribution in [2.24, 2.45) is 0 Å². The van der Waals surface area contributed by atoms with Crippen molar-refractivity contribution < 1.29 is 21.6 Å². The van der Waals surface area contributed by atoms with Crippen LogP contribution < -0.4 is 0 Å². The van der Waals surface area contributed by atoms with Gasteiger partial charge >= 0.3 is 0 Å². The summed E-state index contributed by atoms with van der Waals surface area (Å²) in [6, 6.07) is 0.827. The van der Waals surface area contributed by atoms with Crippen molar-refractivity contribution in [1.29, 1.82) is 0 Å². The first-order chi connectivity index (χ1) is 6.72. The van der Waals surface area contributed by atoms with Crippen LogP contribution in [-0.4, -0.2) is 8.42 Å². The zero-order valence-electron chi connectivity index (χ0n) is 6.90. The summed E-state index contributed by atoms with van der Waals surface area (Å²) in [7, 11) is 0.834. The molecule has 0 heterocycles. The van der Waals surface area contributed by atoms with Crippen LogP contribution in [0, 0.1) is 17.5 Å². The maximum Gasteiger partial charge on any atom is 0.236 e. The lowest BCUT2D eigenvalue weighted by Crippen LogP contribution is -2.03. The Morgan fingerprint density at radius 1 is 1.20 bits per heavy atom. The molecular formula is C7H3BrClF3O2S. The molecule has 0 N–H and O–H groups in total. The predicted octanol–water partition coefficient (Wildman–Crippen LogP) is 2.94. The van der Waals surface area contributed by atoms with Crippen molar-refractivity contribution in [3.05, 3.63) is 33.6 Å². The molecule has 0 aliphatic carbocycles. The van der Waals surface area contributed by atoms with E-state index in [1.807, 2.05) is 0 Å². The van der Waals surface area contributed by atoms with Gasteiger partial charge in [0.05, 0.1) is 10.2 Å². The summed E-state index contributed by atoms with van der Waals surface area (Å²) in [4.78, 5) is 0. The molecule has 0 spiro atoms. The molecule has 1 aromatic rings. The monoisotopic (exact) mass is 322 g/mol. The van der Waals surface area contributed by atoms with E-state index >= 15 is 0 Å². The van der Waals surface area contributed by atoms with Gasteiger partial charge in [0.1, 0.15) is 0 Å². The maximum atomic E-state index is 13.0. The standard InChI is InChI=1S/C7H3BrClF3O2S/c8-4-1-3(2-15(9,13)14)5(10)7(12)6(4)11/h1H,2H2. The highest BCUT2D eigenvalue weighted by Crippen LogP contribution is 2.25. The highest BCUT2D eigenvalue weighted by Gasteiger charge is 2.20. The normalized spacial score (nSPS) is 11.8. The van der Waals surface area contributed by atoms with E-state index < -0.39 is 37.8 Å². The first kappa shape index (κ1) is 12.8. The summed E-state index contributed by atoms with van der Waals surface area (Å²) in [5, 5.41) is 0. The summed E-state index contributed by atoms with van der Waals surface area (Å²) in [5.74, 6) is -5.61. The molecule has 0 fully saturated rings. The number of hydrogen-bond donors (Lipinski definition) is 0. The summed E-state index contributed by atoms with van der Waals surface area (Å²) in [6.45, 7) is 0. The van der Waals surface area contributed by atoms with Crippen LogP contribution in [-0.2, 0) is 14.8 Å². The van der Waals surface area contributed by atoms with E-state index in [-0.39, 0.29) is 4.47 Å². The predicted molar refractivity (Wildman–Crippen MR) is 52.5 cm³/mol. The van der Waals surface area contributed by atoms with Gasteiger partial charge in [-0.1, -0.05) is 0 Å². The number of rotatable bonds is 2. The average molecular weight is 324 g/mol. The van der Waals surface area contributed by atoms with Crippen LogP contribution in [0.3, 0.4) is 0 Å². The highest BCUT2D eigenvalue weighted by molar-refractivity contribution is 9.10. The Morgan fingerprint density at radius 3 is 2.20 bits per heavy atom. The van der Waals surface area contributed by atoms with E-state index in [1.54, 1.807) is 0 Å². The Bertz CT molecular complexity index is 503. The summed E-state index contributed by atoms with van der Waals surface area (Å²) < 4.78 is 59.5. The van der Waals surface area contributed by atoms with Crippen LogP contribution in [0.2, 0.25) is 0 Å². The molecule has 0 aliphatic rings. The fourth-order valence-corrected chi connectivity index (χ4v) is 2.30. The Kier molecular flexibility index (Phi) is 3.67. The number of hydrogen-bond acceptors (Lipinski definition) is 2. The second-order valence-corrected chi connectivity index (χ2v) is 6.27. The largest absolute Gasteiger partial charge is 0.236 e. The Labute approximate surface area is 96.6 Å². The molecule has 0 aromatic heterocycles. The first-order valence-corrected chi connectivity index (χ1v) is 6.73. The molecule has 0 unspecified atom stereocenters. The van der Waals surface area contributed by atoms with E-state index in [0.717, 1.165) is 6.07 Å². The van der Waals surface area contributed by atoms with Gasteiger partial charge in [-0.25, -0.2) is 21.6 Å². The molecule has 1 aromatic carbocycles. The van der Waals surface area contributed by atoms with Crippen molar-refractivity contribution in [2.45, 2.75) is 5.75 Å². The Balaban J connectivity index is 3.33. The van der Waals surface area contributed by atoms with Crippen LogP contribution in [0.15, 0.2) is 10.5 Å². The topological polar surface area (TPSA) is 34.1 Å². The highest BCUT2D eigenvalue weighted by atomic mass is 79.9. The molecule has 0 atom stereocenters. The molecule has 2 nitrogen and oxygen atoms in total. The fourth-order valence-electron chi connectivity index (χ4n) is 0.913. The SMILES string of the molecule is O=S(=O)(Cl)Cc1cc(Br)c(F)c(F)c1F. The Morgan fingerprint density at radius 2 is 1.73 bits per heavy atom. The van der Waals surface area contributed by atoms with Gasteiger partial charge in [0, 0.05) is 16.2 Å². The van der Waals surface area contributed by atoms with Crippen LogP contribution in [0.4, 0.5) is 13.2 Å². The minimum atomic E-state index is -4.02. The molecule has 84 valence electrons. The van der Waals surface area contributed by atoms with Crippen molar-refractivity contribution in [1.82, 2.24) is 0 Å². The van der Waals surface area contributed by atoms with Crippen LogP contribution in [0.25, 0.3) is 0 Å². The van der Waals surface area contributed by atoms with Crippen molar-refractivity contribution in [2.75, 3.05) is 0 Å². The minimum absolute atomic E-state index is 0.364. The smallest absolute Gasteiger partial charge is 0.212 e. The van der Waals surface area contributed by atoms with Crippen molar-refractivity contribution in [3.8, 4) is 0 Å². The number of halogens is 5. The minimum Gasteiger partial charge on any atom is -0.212 e. The molecule has 1 rings (SSSR count). The molecule has 0 bridgehead atoms. The number of benzene rings is 1. The lowest BCUT2D eigenvalue weighted by molar-refractivity contribution is 0.439. The van der Waals surface area contributed by atoms with Gasteiger partial charge < -0.3 is 0 Å². The summed E-state index contributed by atoms with van der Waals surface area (Å²) in [6.07, 6.45) is 0. The van der Waals surface area contributed by atoms with E-state index in [2.05, 4.69) is 15.9 Å². The van der Waals surface area contributed by atoms with Crippen molar-refractivity contribution in [3.63, 3.8) is 0 Å². The van der Waals surface area contributed by atoms with Crippen LogP contribution in [0.1, 0.15) is 5.56 Å². The summed E-state index contributed by atoms with van der Waals surface area (Å²) >= 11 is 2.62. The molecule has 0 saturated carbocycles.